The van der Waals surface area contributed by atoms with Gasteiger partial charge in [0.2, 0.25) is 5.91 Å². The molecule has 27 heavy (non-hydrogen) atoms. The summed E-state index contributed by atoms with van der Waals surface area (Å²) in [6.45, 7) is 3.04. The van der Waals surface area contributed by atoms with Crippen molar-refractivity contribution in [2.24, 2.45) is 0 Å². The van der Waals surface area contributed by atoms with Gasteiger partial charge >= 0.3 is 0 Å². The molecule has 0 radical (unpaired) electrons. The van der Waals surface area contributed by atoms with Crippen molar-refractivity contribution in [1.29, 1.82) is 0 Å². The molecule has 2 heterocycles. The molecular formula is C21H23ClN2O3. The summed E-state index contributed by atoms with van der Waals surface area (Å²) in [5, 5.41) is 3.54. The van der Waals surface area contributed by atoms with Gasteiger partial charge in [0.05, 0.1) is 22.8 Å². The third kappa shape index (κ3) is 4.14. The molecule has 5 nitrogen and oxygen atoms in total. The Labute approximate surface area is 164 Å². The van der Waals surface area contributed by atoms with Gasteiger partial charge in [0.25, 0.3) is 0 Å². The summed E-state index contributed by atoms with van der Waals surface area (Å²) in [6, 6.07) is 11.6. The van der Waals surface area contributed by atoms with Crippen molar-refractivity contribution in [3.63, 3.8) is 0 Å². The largest absolute Gasteiger partial charge is 0.486 e. The molecule has 4 rings (SSSR count). The molecule has 0 spiro atoms. The van der Waals surface area contributed by atoms with Crippen molar-refractivity contribution in [1.82, 2.24) is 0 Å². The Morgan fingerprint density at radius 1 is 1.07 bits per heavy atom. The lowest BCUT2D eigenvalue weighted by Gasteiger charge is -2.30. The maximum absolute atomic E-state index is 12.7. The van der Waals surface area contributed by atoms with E-state index in [4.69, 9.17) is 21.1 Å². The average Bonchev–Trinajstić information content (AvgIpc) is 2.69. The molecule has 2 aromatic carbocycles. The number of benzene rings is 2. The summed E-state index contributed by atoms with van der Waals surface area (Å²) in [6.07, 6.45) is 3.89. The Morgan fingerprint density at radius 3 is 2.70 bits per heavy atom. The first-order valence-electron chi connectivity index (χ1n) is 9.42. The number of para-hydroxylation sites is 2. The van der Waals surface area contributed by atoms with Crippen LogP contribution < -0.4 is 19.7 Å². The average molecular weight is 387 g/mol. The summed E-state index contributed by atoms with van der Waals surface area (Å²) in [5.41, 5.74) is 2.75. The van der Waals surface area contributed by atoms with E-state index in [1.807, 2.05) is 24.3 Å². The quantitative estimate of drug-likeness (QED) is 0.851. The number of halogens is 1. The highest BCUT2D eigenvalue weighted by molar-refractivity contribution is 6.32. The van der Waals surface area contributed by atoms with E-state index in [9.17, 15) is 4.79 Å². The Balaban J connectivity index is 1.48. The number of carbonyl (C=O) groups excluding carboxylic acids is 1. The SMILES string of the molecule is O=C(Cc1cc(Cl)c2c(c1)OCCO2)Nc1ccccc1N1CCCCC1. The minimum Gasteiger partial charge on any atom is -0.486 e. The number of carbonyl (C=O) groups is 1. The second kappa shape index (κ2) is 8.09. The van der Waals surface area contributed by atoms with E-state index in [1.54, 1.807) is 6.07 Å². The van der Waals surface area contributed by atoms with Gasteiger partial charge in [0.15, 0.2) is 11.5 Å². The molecule has 6 heteroatoms. The van der Waals surface area contributed by atoms with Crippen LogP contribution in [0.25, 0.3) is 0 Å². The summed E-state index contributed by atoms with van der Waals surface area (Å²) < 4.78 is 11.1. The summed E-state index contributed by atoms with van der Waals surface area (Å²) in [4.78, 5) is 15.0. The van der Waals surface area contributed by atoms with Crippen molar-refractivity contribution >= 4 is 28.9 Å². The Morgan fingerprint density at radius 2 is 1.85 bits per heavy atom. The molecule has 1 amide bonds. The maximum Gasteiger partial charge on any atom is 0.228 e. The van der Waals surface area contributed by atoms with Gasteiger partial charge in [-0.1, -0.05) is 23.7 Å². The van der Waals surface area contributed by atoms with Crippen LogP contribution in [-0.4, -0.2) is 32.2 Å². The van der Waals surface area contributed by atoms with E-state index in [2.05, 4.69) is 16.3 Å². The van der Waals surface area contributed by atoms with Crippen LogP contribution in [0.5, 0.6) is 11.5 Å². The van der Waals surface area contributed by atoms with E-state index < -0.39 is 0 Å². The van der Waals surface area contributed by atoms with E-state index in [0.29, 0.717) is 29.7 Å². The molecule has 0 saturated carbocycles. The van der Waals surface area contributed by atoms with Crippen LogP contribution in [0.3, 0.4) is 0 Å². The second-order valence-corrected chi connectivity index (χ2v) is 7.30. The van der Waals surface area contributed by atoms with Gasteiger partial charge in [-0.15, -0.1) is 0 Å². The maximum atomic E-state index is 12.7. The Hall–Kier alpha value is -2.40. The summed E-state index contributed by atoms with van der Waals surface area (Å²) >= 11 is 6.27. The predicted octanol–water partition coefficient (Wildman–Crippen LogP) is 4.28. The predicted molar refractivity (Wildman–Crippen MR) is 107 cm³/mol. The van der Waals surface area contributed by atoms with Gasteiger partial charge in [-0.05, 0) is 49.1 Å². The number of rotatable bonds is 4. The second-order valence-electron chi connectivity index (χ2n) is 6.89. The van der Waals surface area contributed by atoms with Crippen molar-refractivity contribution in [3.8, 4) is 11.5 Å². The summed E-state index contributed by atoms with van der Waals surface area (Å²) in [5.74, 6) is 1.08. The fourth-order valence-electron chi connectivity index (χ4n) is 3.64. The van der Waals surface area contributed by atoms with Gasteiger partial charge in [0.1, 0.15) is 13.2 Å². The highest BCUT2D eigenvalue weighted by Gasteiger charge is 2.19. The van der Waals surface area contributed by atoms with Crippen molar-refractivity contribution < 1.29 is 14.3 Å². The third-order valence-electron chi connectivity index (χ3n) is 4.90. The first-order chi connectivity index (χ1) is 13.2. The van der Waals surface area contributed by atoms with Gasteiger partial charge in [-0.25, -0.2) is 0 Å². The molecule has 0 bridgehead atoms. The third-order valence-corrected chi connectivity index (χ3v) is 5.18. The van der Waals surface area contributed by atoms with Crippen LogP contribution >= 0.6 is 11.6 Å². The zero-order chi connectivity index (χ0) is 18.6. The lowest BCUT2D eigenvalue weighted by atomic mass is 10.1. The zero-order valence-electron chi connectivity index (χ0n) is 15.2. The van der Waals surface area contributed by atoms with E-state index in [-0.39, 0.29) is 12.3 Å². The fourth-order valence-corrected chi connectivity index (χ4v) is 3.92. The van der Waals surface area contributed by atoms with E-state index in [0.717, 1.165) is 30.0 Å². The molecule has 2 aromatic rings. The van der Waals surface area contributed by atoms with Crippen LogP contribution in [0.4, 0.5) is 11.4 Å². The monoisotopic (exact) mass is 386 g/mol. The van der Waals surface area contributed by atoms with Crippen LogP contribution in [0.1, 0.15) is 24.8 Å². The topological polar surface area (TPSA) is 50.8 Å². The number of amides is 1. The molecule has 0 aliphatic carbocycles. The van der Waals surface area contributed by atoms with Crippen LogP contribution in [0.15, 0.2) is 36.4 Å². The van der Waals surface area contributed by atoms with Crippen LogP contribution in [-0.2, 0) is 11.2 Å². The molecule has 0 aromatic heterocycles. The number of piperidine rings is 1. The van der Waals surface area contributed by atoms with Gasteiger partial charge < -0.3 is 19.7 Å². The minimum atomic E-state index is -0.0767. The molecular weight excluding hydrogens is 364 g/mol. The van der Waals surface area contributed by atoms with E-state index in [1.165, 1.54) is 19.3 Å². The highest BCUT2D eigenvalue weighted by Crippen LogP contribution is 2.38. The molecule has 0 atom stereocenters. The number of fused-ring (bicyclic) bond motifs is 1. The number of hydrogen-bond acceptors (Lipinski definition) is 4. The summed E-state index contributed by atoms with van der Waals surface area (Å²) in [7, 11) is 0. The lowest BCUT2D eigenvalue weighted by molar-refractivity contribution is -0.115. The molecule has 1 fully saturated rings. The lowest BCUT2D eigenvalue weighted by Crippen LogP contribution is -2.30. The molecule has 2 aliphatic rings. The van der Waals surface area contributed by atoms with Crippen molar-refractivity contribution in [2.75, 3.05) is 36.5 Å². The zero-order valence-corrected chi connectivity index (χ0v) is 15.9. The van der Waals surface area contributed by atoms with Crippen molar-refractivity contribution in [3.05, 3.63) is 47.0 Å². The molecule has 1 saturated heterocycles. The van der Waals surface area contributed by atoms with Gasteiger partial charge in [-0.3, -0.25) is 4.79 Å². The van der Waals surface area contributed by atoms with Crippen LogP contribution in [0, 0.1) is 0 Å². The highest BCUT2D eigenvalue weighted by atomic mass is 35.5. The standard InChI is InChI=1S/C21H23ClN2O3/c22-16-12-15(13-19-21(16)27-11-10-26-19)14-20(25)23-17-6-2-3-7-18(17)24-8-4-1-5-9-24/h2-3,6-7,12-13H,1,4-5,8-11,14H2,(H,23,25). The Bertz CT molecular complexity index is 834. The number of anilines is 2. The first kappa shape index (κ1) is 18.0. The molecule has 142 valence electrons. The van der Waals surface area contributed by atoms with Gasteiger partial charge in [0, 0.05) is 13.1 Å². The number of hydrogen-bond donors (Lipinski definition) is 1. The van der Waals surface area contributed by atoms with E-state index >= 15 is 0 Å². The first-order valence-corrected chi connectivity index (χ1v) is 9.80. The van der Waals surface area contributed by atoms with Gasteiger partial charge in [-0.2, -0.15) is 0 Å². The normalized spacial score (nSPS) is 16.1. The number of ether oxygens (including phenoxy) is 2. The van der Waals surface area contributed by atoms with Crippen molar-refractivity contribution in [2.45, 2.75) is 25.7 Å². The fraction of sp³-hybridized carbons (Fsp3) is 0.381. The molecule has 0 unspecified atom stereocenters. The number of nitrogens with one attached hydrogen (secondary N) is 1. The smallest absolute Gasteiger partial charge is 0.228 e. The molecule has 1 N–H and O–H groups in total. The Kier molecular flexibility index (Phi) is 5.39. The van der Waals surface area contributed by atoms with Crippen LogP contribution in [0.2, 0.25) is 5.02 Å². The minimum absolute atomic E-state index is 0.0767. The number of nitrogens with zero attached hydrogens (tertiary/aromatic N) is 1. The molecule has 2 aliphatic heterocycles.